The van der Waals surface area contributed by atoms with Gasteiger partial charge in [0, 0.05) is 121 Å². The minimum atomic E-state index is -1.61. The monoisotopic (exact) mass is 1430 g/mol. The molecule has 6 rings (SSSR count). The van der Waals surface area contributed by atoms with E-state index in [4.69, 9.17) is 88.6 Å². The number of nitrogens with one attached hydrogen (secondary N) is 5. The topological polar surface area (TPSA) is 304 Å². The Bertz CT molecular complexity index is 3340. The third-order valence-corrected chi connectivity index (χ3v) is 15.4. The number of alkyl carbamates (subject to hydrolysis) is 3. The van der Waals surface area contributed by atoms with Gasteiger partial charge in [0.2, 0.25) is 5.91 Å². The van der Waals surface area contributed by atoms with Crippen LogP contribution in [0.3, 0.4) is 0 Å². The number of rotatable bonds is 38. The first-order chi connectivity index (χ1) is 45.8. The number of halogens is 6. The molecule has 3 atom stereocenters. The number of carbonyl (C=O) groups excluding carboxylic acids is 5. The van der Waals surface area contributed by atoms with Gasteiger partial charge in [0.05, 0.1) is 12.1 Å². The molecule has 8 N–H and O–H groups in total. The van der Waals surface area contributed by atoms with Crippen molar-refractivity contribution in [2.75, 3.05) is 99.9 Å². The highest BCUT2D eigenvalue weighted by Crippen LogP contribution is 2.29. The molecule has 0 saturated carbocycles. The number of amides is 5. The number of carbonyl (C=O) groups is 8. The summed E-state index contributed by atoms with van der Waals surface area (Å²) in [6.45, 7) is 0.461. The molecule has 6 aromatic rings. The van der Waals surface area contributed by atoms with Crippen molar-refractivity contribution in [1.29, 1.82) is 0 Å². The summed E-state index contributed by atoms with van der Waals surface area (Å²) in [5.74, 6) is -2.58. The van der Waals surface area contributed by atoms with E-state index in [0.717, 1.165) is 16.9 Å². The first kappa shape index (κ1) is 75.4. The fourth-order valence-electron chi connectivity index (χ4n) is 9.68. The van der Waals surface area contributed by atoms with E-state index in [0.29, 0.717) is 103 Å². The van der Waals surface area contributed by atoms with Gasteiger partial charge in [-0.15, -0.1) is 69.6 Å². The molecular formula is C66H72Cl6N8O15. The third-order valence-electron chi connectivity index (χ3n) is 14.4. The van der Waals surface area contributed by atoms with Crippen LogP contribution in [-0.2, 0) is 83.8 Å². The number of ether oxygens (including phenoxy) is 4. The van der Waals surface area contributed by atoms with Gasteiger partial charge in [0.25, 0.3) is 0 Å². The standard InChI is InChI=1S/C66H72Cl6N8O15/c67-22-28-78(29-23-68)52-16-8-44(9-17-52)36-55(60(82)83)74-63(88)94-41-49-34-47(40-93-66(91)77-59(62(86)87)48-12-20-54(21-13-48)80(32-26-71)33-27-72)35-50(42-95-64(89)75-56(61(84)85)37-45-10-18-53(19-11-45)79(30-24-69)31-25-70)58(49)76-65(90)92-39-46-6-14-51(15-7-46)73-57(81)38-43-4-2-1-3-5-43/h1-21,34-35,55-56,59H,22-33,36-42H2,(H,73,81)(H,74,88)(H,75,89)(H,76,90)(H,77,91)(H,82,83)(H,84,85)(H,86,87). The van der Waals surface area contributed by atoms with E-state index in [1.807, 2.05) is 45.0 Å². The molecule has 0 aromatic heterocycles. The highest BCUT2D eigenvalue weighted by atomic mass is 35.5. The molecule has 0 fully saturated rings. The zero-order chi connectivity index (χ0) is 68.7. The van der Waals surface area contributed by atoms with Gasteiger partial charge in [0.15, 0.2) is 6.04 Å². The summed E-state index contributed by atoms with van der Waals surface area (Å²) in [4.78, 5) is 111. The van der Waals surface area contributed by atoms with E-state index in [-0.39, 0.29) is 59.7 Å². The van der Waals surface area contributed by atoms with Crippen molar-refractivity contribution < 1.29 is 72.6 Å². The summed E-state index contributed by atoms with van der Waals surface area (Å²) in [6, 6.07) is 33.7. The summed E-state index contributed by atoms with van der Waals surface area (Å²) >= 11 is 36.0. The van der Waals surface area contributed by atoms with Crippen molar-refractivity contribution in [2.45, 2.75) is 63.8 Å². The highest BCUT2D eigenvalue weighted by Gasteiger charge is 2.27. The zero-order valence-electron chi connectivity index (χ0n) is 51.3. The molecule has 95 heavy (non-hydrogen) atoms. The van der Waals surface area contributed by atoms with Crippen molar-refractivity contribution in [3.05, 3.63) is 184 Å². The molecule has 3 unspecified atom stereocenters. The van der Waals surface area contributed by atoms with Crippen molar-refractivity contribution in [3.8, 4) is 0 Å². The number of benzene rings is 6. The van der Waals surface area contributed by atoms with E-state index < -0.39 is 80.2 Å². The lowest BCUT2D eigenvalue weighted by Crippen LogP contribution is -2.42. The van der Waals surface area contributed by atoms with Crippen LogP contribution in [0.25, 0.3) is 0 Å². The van der Waals surface area contributed by atoms with Crippen LogP contribution in [-0.4, -0.2) is 150 Å². The van der Waals surface area contributed by atoms with Gasteiger partial charge < -0.3 is 70.2 Å². The molecular weight excluding hydrogens is 1360 g/mol. The first-order valence-corrected chi connectivity index (χ1v) is 32.9. The normalized spacial score (nSPS) is 11.8. The fourth-order valence-corrected chi connectivity index (χ4v) is 10.9. The third kappa shape index (κ3) is 25.3. The van der Waals surface area contributed by atoms with Gasteiger partial charge in [0.1, 0.15) is 38.5 Å². The number of anilines is 5. The number of aliphatic carboxylic acids is 3. The van der Waals surface area contributed by atoms with Crippen LogP contribution in [0.15, 0.2) is 140 Å². The molecule has 508 valence electrons. The second-order valence-electron chi connectivity index (χ2n) is 21.0. The molecule has 0 radical (unpaired) electrons. The second kappa shape index (κ2) is 40.0. The second-order valence-corrected chi connectivity index (χ2v) is 23.3. The van der Waals surface area contributed by atoms with E-state index >= 15 is 0 Å². The van der Waals surface area contributed by atoms with E-state index in [1.165, 1.54) is 24.3 Å². The number of carboxylic acids is 3. The Morgan fingerprint density at radius 2 is 0.768 bits per heavy atom. The molecule has 0 aliphatic carbocycles. The quantitative estimate of drug-likeness (QED) is 0.0132. The minimum absolute atomic E-state index is 0.0717. The van der Waals surface area contributed by atoms with Crippen LogP contribution in [0.5, 0.6) is 0 Å². The number of carboxylic acid groups (broad SMARTS) is 3. The molecule has 0 bridgehead atoms. The zero-order valence-corrected chi connectivity index (χ0v) is 55.8. The van der Waals surface area contributed by atoms with Crippen molar-refractivity contribution >= 4 is 146 Å². The van der Waals surface area contributed by atoms with Crippen LogP contribution < -0.4 is 41.3 Å². The largest absolute Gasteiger partial charge is 0.480 e. The summed E-state index contributed by atoms with van der Waals surface area (Å²) in [5.41, 5.74) is 5.03. The lowest BCUT2D eigenvalue weighted by Gasteiger charge is -2.23. The molecule has 0 heterocycles. The van der Waals surface area contributed by atoms with E-state index in [1.54, 1.807) is 84.9 Å². The minimum Gasteiger partial charge on any atom is -0.480 e. The SMILES string of the molecule is O=C(Cc1ccccc1)Nc1ccc(COC(=O)Nc2c(COC(=O)NC(Cc3ccc(N(CCCl)CCCl)cc3)C(=O)O)cc(COC(=O)NC(C(=O)O)c3ccc(N(CCCl)CCCl)cc3)cc2COC(=O)NC(Cc2ccc(N(CCCl)CCCl)cc2)C(=O)O)cc1. The van der Waals surface area contributed by atoms with Crippen LogP contribution in [0.4, 0.5) is 47.6 Å². The maximum absolute atomic E-state index is 13.9. The molecule has 0 saturated heterocycles. The first-order valence-electron chi connectivity index (χ1n) is 29.7. The fraction of sp³-hybridized carbons (Fsp3) is 0.333. The number of hydrogen-bond acceptors (Lipinski definition) is 15. The summed E-state index contributed by atoms with van der Waals surface area (Å²) in [5, 5.41) is 43.3. The maximum Gasteiger partial charge on any atom is 0.411 e. The van der Waals surface area contributed by atoms with Crippen molar-refractivity contribution in [3.63, 3.8) is 0 Å². The van der Waals surface area contributed by atoms with E-state index in [2.05, 4.69) is 26.6 Å². The van der Waals surface area contributed by atoms with Crippen LogP contribution >= 0.6 is 69.6 Å². The average molecular weight is 1430 g/mol. The lowest BCUT2D eigenvalue weighted by molar-refractivity contribution is -0.140. The smallest absolute Gasteiger partial charge is 0.411 e. The number of alkyl halides is 6. The van der Waals surface area contributed by atoms with Crippen LogP contribution in [0.2, 0.25) is 0 Å². The van der Waals surface area contributed by atoms with Crippen molar-refractivity contribution in [2.24, 2.45) is 0 Å². The molecule has 0 aliphatic rings. The Balaban J connectivity index is 1.29. The molecule has 23 nitrogen and oxygen atoms in total. The predicted molar refractivity (Wildman–Crippen MR) is 366 cm³/mol. The molecule has 5 amide bonds. The van der Waals surface area contributed by atoms with E-state index in [9.17, 15) is 53.7 Å². The molecule has 0 aliphatic heterocycles. The van der Waals surface area contributed by atoms with Gasteiger partial charge in [-0.25, -0.2) is 33.6 Å². The Morgan fingerprint density at radius 3 is 1.18 bits per heavy atom. The Kier molecular flexibility index (Phi) is 31.7. The Hall–Kier alpha value is -8.58. The van der Waals surface area contributed by atoms with Crippen molar-refractivity contribution in [1.82, 2.24) is 16.0 Å². The molecule has 6 aromatic carbocycles. The summed E-state index contributed by atoms with van der Waals surface area (Å²) in [6.07, 6.45) is -5.01. The summed E-state index contributed by atoms with van der Waals surface area (Å²) < 4.78 is 22.4. The highest BCUT2D eigenvalue weighted by molar-refractivity contribution is 6.19. The van der Waals surface area contributed by atoms with Crippen LogP contribution in [0.1, 0.15) is 50.5 Å². The lowest BCUT2D eigenvalue weighted by atomic mass is 10.0. The number of nitrogens with zero attached hydrogens (tertiary/aromatic N) is 3. The van der Waals surface area contributed by atoms with Gasteiger partial charge in [-0.1, -0.05) is 78.9 Å². The van der Waals surface area contributed by atoms with Gasteiger partial charge in [-0.05, 0) is 94.0 Å². The molecule has 0 spiro atoms. The number of hydrogen-bond donors (Lipinski definition) is 8. The Morgan fingerprint density at radius 1 is 0.389 bits per heavy atom. The average Bonchev–Trinajstić information content (AvgIpc) is 0.849. The summed E-state index contributed by atoms with van der Waals surface area (Å²) in [7, 11) is 0. The van der Waals surface area contributed by atoms with Gasteiger partial charge in [-0.3, -0.25) is 10.1 Å². The predicted octanol–water partition coefficient (Wildman–Crippen LogP) is 11.4. The Labute approximate surface area is 579 Å². The maximum atomic E-state index is 13.9. The van der Waals surface area contributed by atoms with Gasteiger partial charge in [-0.2, -0.15) is 0 Å². The molecule has 29 heteroatoms. The van der Waals surface area contributed by atoms with Gasteiger partial charge >= 0.3 is 42.3 Å². The van der Waals surface area contributed by atoms with Crippen LogP contribution in [0, 0.1) is 0 Å².